The number of carbonyl (C=O) groups excluding carboxylic acids is 3. The van der Waals surface area contributed by atoms with Gasteiger partial charge in [-0.3, -0.25) is 14.9 Å². The van der Waals surface area contributed by atoms with Crippen LogP contribution in [0.3, 0.4) is 0 Å². The van der Waals surface area contributed by atoms with Crippen LogP contribution >= 0.6 is 11.6 Å². The highest BCUT2D eigenvalue weighted by Crippen LogP contribution is 2.28. The molecular formula is C22H19ClN4O4. The second-order valence-electron chi connectivity index (χ2n) is 7.06. The summed E-state index contributed by atoms with van der Waals surface area (Å²) < 4.78 is 5.79. The molecule has 4 rings (SSSR count). The quantitative estimate of drug-likeness (QED) is 0.534. The number of amides is 4. The van der Waals surface area contributed by atoms with Gasteiger partial charge in [0.05, 0.1) is 6.04 Å². The Morgan fingerprint density at radius 1 is 1.29 bits per heavy atom. The van der Waals surface area contributed by atoms with Crippen molar-refractivity contribution in [3.8, 4) is 5.75 Å². The lowest BCUT2D eigenvalue weighted by Gasteiger charge is -2.23. The van der Waals surface area contributed by atoms with Gasteiger partial charge in [0.25, 0.3) is 5.91 Å². The maximum atomic E-state index is 12.9. The molecule has 9 heteroatoms. The van der Waals surface area contributed by atoms with Crippen LogP contribution in [0, 0.1) is 0 Å². The Morgan fingerprint density at radius 3 is 2.84 bits per heavy atom. The molecule has 2 aliphatic rings. The fourth-order valence-corrected chi connectivity index (χ4v) is 3.40. The highest BCUT2D eigenvalue weighted by molar-refractivity contribution is 6.30. The molecule has 31 heavy (non-hydrogen) atoms. The van der Waals surface area contributed by atoms with E-state index in [2.05, 4.69) is 15.7 Å². The van der Waals surface area contributed by atoms with Crippen LogP contribution in [0.15, 0.2) is 59.7 Å². The number of urea groups is 1. The van der Waals surface area contributed by atoms with Crippen molar-refractivity contribution in [3.05, 3.63) is 70.8 Å². The predicted molar refractivity (Wildman–Crippen MR) is 116 cm³/mol. The number of hydrogen-bond acceptors (Lipinski definition) is 5. The first-order valence-electron chi connectivity index (χ1n) is 9.62. The predicted octanol–water partition coefficient (Wildman–Crippen LogP) is 2.38. The van der Waals surface area contributed by atoms with E-state index in [-0.39, 0.29) is 12.5 Å². The molecule has 1 fully saturated rings. The lowest BCUT2D eigenvalue weighted by molar-refractivity contribution is -0.126. The molecule has 0 aromatic heterocycles. The van der Waals surface area contributed by atoms with Gasteiger partial charge >= 0.3 is 6.03 Å². The average molecular weight is 439 g/mol. The molecule has 0 aliphatic carbocycles. The summed E-state index contributed by atoms with van der Waals surface area (Å²) in [7, 11) is 0. The molecule has 0 spiro atoms. The van der Waals surface area contributed by atoms with Gasteiger partial charge in [-0.15, -0.1) is 0 Å². The summed E-state index contributed by atoms with van der Waals surface area (Å²) in [5.41, 5.74) is 1.77. The second-order valence-corrected chi connectivity index (χ2v) is 7.50. The van der Waals surface area contributed by atoms with Gasteiger partial charge < -0.3 is 10.1 Å². The standard InChI is InChI=1S/C22H19ClN4O4/c23-16-7-9-18-15(11-16)6-8-19(31-18)21(29)25-17(10-14-4-2-1-3-5-14)12-24-27-13-20(28)26-22(27)30/h1-9,11-12,17,19H,10,13H2,(H,25,29)(H,26,28,30). The molecule has 1 saturated heterocycles. The van der Waals surface area contributed by atoms with Crippen molar-refractivity contribution >= 4 is 41.7 Å². The molecular weight excluding hydrogens is 420 g/mol. The molecule has 0 radical (unpaired) electrons. The number of hydrazone groups is 1. The molecule has 158 valence electrons. The fraction of sp³-hybridized carbons (Fsp3) is 0.182. The minimum Gasteiger partial charge on any atom is -0.476 e. The third-order valence-corrected chi connectivity index (χ3v) is 4.96. The summed E-state index contributed by atoms with van der Waals surface area (Å²) in [6.45, 7) is -0.158. The third kappa shape index (κ3) is 5.10. The van der Waals surface area contributed by atoms with Crippen molar-refractivity contribution in [2.75, 3.05) is 6.54 Å². The maximum absolute atomic E-state index is 12.9. The van der Waals surface area contributed by atoms with Crippen LogP contribution in [0.5, 0.6) is 5.75 Å². The van der Waals surface area contributed by atoms with Crippen LogP contribution in [0.4, 0.5) is 4.79 Å². The van der Waals surface area contributed by atoms with E-state index in [4.69, 9.17) is 16.3 Å². The Morgan fingerprint density at radius 2 is 2.10 bits per heavy atom. The molecule has 0 saturated carbocycles. The maximum Gasteiger partial charge on any atom is 0.344 e. The summed E-state index contributed by atoms with van der Waals surface area (Å²) in [4.78, 5) is 35.9. The summed E-state index contributed by atoms with van der Waals surface area (Å²) >= 11 is 5.99. The van der Waals surface area contributed by atoms with Gasteiger partial charge in [0.1, 0.15) is 12.3 Å². The van der Waals surface area contributed by atoms with Crippen LogP contribution in [0.25, 0.3) is 6.08 Å². The highest BCUT2D eigenvalue weighted by atomic mass is 35.5. The molecule has 8 nitrogen and oxygen atoms in total. The number of nitrogens with one attached hydrogen (secondary N) is 2. The Bertz CT molecular complexity index is 1070. The average Bonchev–Trinajstić information content (AvgIpc) is 3.09. The summed E-state index contributed by atoms with van der Waals surface area (Å²) in [6, 6.07) is 13.6. The molecule has 2 aromatic carbocycles. The van der Waals surface area contributed by atoms with E-state index >= 15 is 0 Å². The van der Waals surface area contributed by atoms with E-state index in [1.165, 1.54) is 6.21 Å². The van der Waals surface area contributed by atoms with Crippen LogP contribution in [0.2, 0.25) is 5.02 Å². The van der Waals surface area contributed by atoms with Crippen molar-refractivity contribution in [2.24, 2.45) is 5.10 Å². The monoisotopic (exact) mass is 438 g/mol. The van der Waals surface area contributed by atoms with Crippen LogP contribution in [-0.4, -0.2) is 47.8 Å². The molecule has 2 N–H and O–H groups in total. The minimum atomic E-state index is -0.822. The van der Waals surface area contributed by atoms with Gasteiger partial charge in [0.15, 0.2) is 6.10 Å². The van der Waals surface area contributed by atoms with Crippen molar-refractivity contribution in [3.63, 3.8) is 0 Å². The first kappa shape index (κ1) is 20.6. The molecule has 2 aliphatic heterocycles. The largest absolute Gasteiger partial charge is 0.476 e. The van der Waals surface area contributed by atoms with Crippen molar-refractivity contribution in [1.82, 2.24) is 15.6 Å². The molecule has 2 atom stereocenters. The van der Waals surface area contributed by atoms with E-state index < -0.39 is 24.1 Å². The zero-order valence-electron chi connectivity index (χ0n) is 16.3. The second kappa shape index (κ2) is 9.01. The number of fused-ring (bicyclic) bond motifs is 1. The van der Waals surface area contributed by atoms with Crippen LogP contribution < -0.4 is 15.4 Å². The first-order valence-corrected chi connectivity index (χ1v) is 10.00. The van der Waals surface area contributed by atoms with Crippen LogP contribution in [-0.2, 0) is 16.0 Å². The summed E-state index contributed by atoms with van der Waals surface area (Å²) in [5.74, 6) is -0.218. The number of carbonyl (C=O) groups is 3. The van der Waals surface area contributed by atoms with Gasteiger partial charge in [-0.1, -0.05) is 48.0 Å². The van der Waals surface area contributed by atoms with E-state index in [1.807, 2.05) is 30.3 Å². The number of halogens is 1. The van der Waals surface area contributed by atoms with E-state index in [1.54, 1.807) is 30.4 Å². The Balaban J connectivity index is 1.47. The minimum absolute atomic E-state index is 0.158. The SMILES string of the molecule is O=C1CN(N=CC(Cc2ccccc2)NC(=O)C2C=Cc3cc(Cl)ccc3O2)C(=O)N1. The summed E-state index contributed by atoms with van der Waals surface area (Å²) in [6.07, 6.45) is 4.51. The number of benzene rings is 2. The fourth-order valence-electron chi connectivity index (χ4n) is 3.22. The van der Waals surface area contributed by atoms with E-state index in [0.717, 1.165) is 16.1 Å². The van der Waals surface area contributed by atoms with Gasteiger partial charge in [0.2, 0.25) is 5.91 Å². The van der Waals surface area contributed by atoms with Crippen molar-refractivity contribution < 1.29 is 19.1 Å². The Hall–Kier alpha value is -3.65. The molecule has 2 aromatic rings. The van der Waals surface area contributed by atoms with Crippen LogP contribution in [0.1, 0.15) is 11.1 Å². The van der Waals surface area contributed by atoms with Crippen molar-refractivity contribution in [2.45, 2.75) is 18.6 Å². The first-order chi connectivity index (χ1) is 15.0. The Kier molecular flexibility index (Phi) is 5.99. The van der Waals surface area contributed by atoms with Gasteiger partial charge in [0, 0.05) is 16.8 Å². The zero-order chi connectivity index (χ0) is 21.8. The van der Waals surface area contributed by atoms with Gasteiger partial charge in [-0.25, -0.2) is 9.80 Å². The lowest BCUT2D eigenvalue weighted by Crippen LogP contribution is -2.45. The number of hydrogen-bond donors (Lipinski definition) is 2. The number of imide groups is 1. The van der Waals surface area contributed by atoms with Crippen molar-refractivity contribution in [1.29, 1.82) is 0 Å². The van der Waals surface area contributed by atoms with Gasteiger partial charge in [-0.05, 0) is 36.3 Å². The van der Waals surface area contributed by atoms with E-state index in [0.29, 0.717) is 17.2 Å². The molecule has 2 heterocycles. The number of ether oxygens (including phenoxy) is 1. The summed E-state index contributed by atoms with van der Waals surface area (Å²) in [5, 5.41) is 10.7. The highest BCUT2D eigenvalue weighted by Gasteiger charge is 2.27. The normalized spacial score (nSPS) is 18.5. The third-order valence-electron chi connectivity index (χ3n) is 4.72. The molecule has 2 unspecified atom stereocenters. The molecule has 4 amide bonds. The lowest BCUT2D eigenvalue weighted by atomic mass is 10.1. The zero-order valence-corrected chi connectivity index (χ0v) is 17.1. The van der Waals surface area contributed by atoms with Gasteiger partial charge in [-0.2, -0.15) is 5.10 Å². The number of nitrogens with zero attached hydrogens (tertiary/aromatic N) is 2. The Labute approximate surface area is 183 Å². The number of rotatable bonds is 6. The smallest absolute Gasteiger partial charge is 0.344 e. The molecule has 0 bridgehead atoms. The van der Waals surface area contributed by atoms with E-state index in [9.17, 15) is 14.4 Å². The topological polar surface area (TPSA) is 100 Å².